The maximum Gasteiger partial charge on any atom is 0.122 e. The highest BCUT2D eigenvalue weighted by Crippen LogP contribution is 2.42. The Morgan fingerprint density at radius 1 is 1.33 bits per heavy atom. The summed E-state index contributed by atoms with van der Waals surface area (Å²) in [6.07, 6.45) is 0. The molecule has 1 aromatic carbocycles. The van der Waals surface area contributed by atoms with Crippen LogP contribution in [-0.2, 0) is 0 Å². The van der Waals surface area contributed by atoms with E-state index < -0.39 is 0 Å². The van der Waals surface area contributed by atoms with Gasteiger partial charge in [-0.15, -0.1) is 11.3 Å². The lowest BCUT2D eigenvalue weighted by molar-refractivity contribution is 0.302. The number of aryl methyl sites for hydroxylation is 1. The highest BCUT2D eigenvalue weighted by Gasteiger charge is 2.32. The van der Waals surface area contributed by atoms with E-state index >= 15 is 0 Å². The standard InChI is InChI=1S/C14H16N2OS/c1-9-6-7-13(18-9)14(16-15)11-8-17-12-5-3-2-4-10(11)12/h2-7,11,14,16H,8,15H2,1H3. The molecule has 94 valence electrons. The lowest BCUT2D eigenvalue weighted by Gasteiger charge is -2.20. The van der Waals surface area contributed by atoms with Crippen LogP contribution in [0.2, 0.25) is 0 Å². The van der Waals surface area contributed by atoms with E-state index in [0.29, 0.717) is 6.61 Å². The van der Waals surface area contributed by atoms with E-state index in [1.54, 1.807) is 11.3 Å². The molecule has 3 rings (SSSR count). The molecule has 0 saturated carbocycles. The minimum atomic E-state index is 0.118. The molecule has 4 heteroatoms. The van der Waals surface area contributed by atoms with Crippen molar-refractivity contribution in [2.24, 2.45) is 5.84 Å². The maximum atomic E-state index is 5.75. The fourth-order valence-electron chi connectivity index (χ4n) is 2.48. The van der Waals surface area contributed by atoms with Gasteiger partial charge in [-0.3, -0.25) is 11.3 Å². The van der Waals surface area contributed by atoms with Crippen LogP contribution in [0, 0.1) is 6.92 Å². The van der Waals surface area contributed by atoms with Crippen molar-refractivity contribution >= 4 is 11.3 Å². The Balaban J connectivity index is 1.95. The predicted molar refractivity (Wildman–Crippen MR) is 73.8 cm³/mol. The van der Waals surface area contributed by atoms with Crippen molar-refractivity contribution in [1.29, 1.82) is 0 Å². The Morgan fingerprint density at radius 3 is 2.89 bits per heavy atom. The molecule has 0 spiro atoms. The number of fused-ring (bicyclic) bond motifs is 1. The van der Waals surface area contributed by atoms with Crippen molar-refractivity contribution < 1.29 is 4.74 Å². The largest absolute Gasteiger partial charge is 0.493 e. The molecular weight excluding hydrogens is 244 g/mol. The number of hydrogen-bond acceptors (Lipinski definition) is 4. The topological polar surface area (TPSA) is 47.3 Å². The molecule has 2 atom stereocenters. The van der Waals surface area contributed by atoms with Crippen LogP contribution in [0.15, 0.2) is 36.4 Å². The first kappa shape index (κ1) is 11.7. The number of nitrogens with one attached hydrogen (secondary N) is 1. The van der Waals surface area contributed by atoms with Crippen LogP contribution in [-0.4, -0.2) is 6.61 Å². The smallest absolute Gasteiger partial charge is 0.122 e. The van der Waals surface area contributed by atoms with Gasteiger partial charge in [0.25, 0.3) is 0 Å². The summed E-state index contributed by atoms with van der Waals surface area (Å²) in [5.41, 5.74) is 4.19. The van der Waals surface area contributed by atoms with Gasteiger partial charge in [-0.2, -0.15) is 0 Å². The molecule has 1 aliphatic heterocycles. The van der Waals surface area contributed by atoms with Crippen molar-refractivity contribution in [3.05, 3.63) is 51.7 Å². The van der Waals surface area contributed by atoms with E-state index in [-0.39, 0.29) is 12.0 Å². The molecule has 0 bridgehead atoms. The van der Waals surface area contributed by atoms with Gasteiger partial charge in [-0.25, -0.2) is 0 Å². The summed E-state index contributed by atoms with van der Waals surface area (Å²) in [5.74, 6) is 7.02. The van der Waals surface area contributed by atoms with Gasteiger partial charge >= 0.3 is 0 Å². The van der Waals surface area contributed by atoms with E-state index in [1.165, 1.54) is 15.3 Å². The Hall–Kier alpha value is -1.36. The number of hydrazine groups is 1. The molecule has 1 aromatic heterocycles. The van der Waals surface area contributed by atoms with E-state index in [0.717, 1.165) is 5.75 Å². The summed E-state index contributed by atoms with van der Waals surface area (Å²) in [7, 11) is 0. The molecular formula is C14H16N2OS. The number of nitrogens with two attached hydrogens (primary N) is 1. The average molecular weight is 260 g/mol. The molecule has 0 aliphatic carbocycles. The first-order chi connectivity index (χ1) is 8.79. The maximum absolute atomic E-state index is 5.75. The fourth-order valence-corrected chi connectivity index (χ4v) is 3.48. The molecule has 2 unspecified atom stereocenters. The molecule has 0 radical (unpaired) electrons. The lowest BCUT2D eigenvalue weighted by Crippen LogP contribution is -2.32. The van der Waals surface area contributed by atoms with Crippen LogP contribution < -0.4 is 16.0 Å². The molecule has 0 fully saturated rings. The second-order valence-corrected chi connectivity index (χ2v) is 5.87. The predicted octanol–water partition coefficient (Wildman–Crippen LogP) is 2.74. The van der Waals surface area contributed by atoms with Crippen LogP contribution in [0.1, 0.15) is 27.3 Å². The SMILES string of the molecule is Cc1ccc(C(NN)C2COc3ccccc32)s1. The quantitative estimate of drug-likeness (QED) is 0.659. The number of thiophene rings is 1. The monoisotopic (exact) mass is 260 g/mol. The first-order valence-electron chi connectivity index (χ1n) is 6.04. The number of benzene rings is 1. The number of hydrogen-bond donors (Lipinski definition) is 2. The van der Waals surface area contributed by atoms with Gasteiger partial charge in [0, 0.05) is 21.2 Å². The van der Waals surface area contributed by atoms with Gasteiger partial charge in [-0.1, -0.05) is 18.2 Å². The summed E-state index contributed by atoms with van der Waals surface area (Å²) in [4.78, 5) is 2.57. The molecule has 3 nitrogen and oxygen atoms in total. The van der Waals surface area contributed by atoms with E-state index in [1.807, 2.05) is 18.2 Å². The number of para-hydroxylation sites is 1. The van der Waals surface area contributed by atoms with Gasteiger partial charge < -0.3 is 4.74 Å². The molecule has 0 saturated heterocycles. The summed E-state index contributed by atoms with van der Waals surface area (Å²) in [6.45, 7) is 2.80. The normalized spacial score (nSPS) is 19.3. The average Bonchev–Trinajstić information content (AvgIpc) is 2.98. The zero-order valence-corrected chi connectivity index (χ0v) is 11.0. The molecule has 3 N–H and O–H groups in total. The molecule has 0 amide bonds. The second kappa shape index (κ2) is 4.72. The van der Waals surface area contributed by atoms with Gasteiger partial charge in [0.15, 0.2) is 0 Å². The first-order valence-corrected chi connectivity index (χ1v) is 6.85. The second-order valence-electron chi connectivity index (χ2n) is 4.55. The third-order valence-electron chi connectivity index (χ3n) is 3.39. The summed E-state index contributed by atoms with van der Waals surface area (Å²) < 4.78 is 5.73. The van der Waals surface area contributed by atoms with E-state index in [2.05, 4.69) is 30.5 Å². The molecule has 2 heterocycles. The van der Waals surface area contributed by atoms with Gasteiger partial charge in [0.05, 0.1) is 12.6 Å². The Bertz CT molecular complexity index is 552. The van der Waals surface area contributed by atoms with Crippen molar-refractivity contribution in [3.8, 4) is 5.75 Å². The summed E-state index contributed by atoms with van der Waals surface area (Å²) in [6, 6.07) is 12.6. The Kier molecular flexibility index (Phi) is 3.07. The van der Waals surface area contributed by atoms with Crippen LogP contribution in [0.4, 0.5) is 0 Å². The van der Waals surface area contributed by atoms with Crippen molar-refractivity contribution in [2.75, 3.05) is 6.61 Å². The minimum absolute atomic E-state index is 0.118. The van der Waals surface area contributed by atoms with Gasteiger partial charge in [0.1, 0.15) is 5.75 Å². The van der Waals surface area contributed by atoms with Crippen molar-refractivity contribution in [1.82, 2.24) is 5.43 Å². The van der Waals surface area contributed by atoms with Crippen molar-refractivity contribution in [2.45, 2.75) is 18.9 Å². The zero-order valence-electron chi connectivity index (χ0n) is 10.2. The van der Waals surface area contributed by atoms with Gasteiger partial charge in [-0.05, 0) is 25.1 Å². The number of rotatable bonds is 3. The van der Waals surface area contributed by atoms with E-state index in [9.17, 15) is 0 Å². The third-order valence-corrected chi connectivity index (χ3v) is 4.47. The summed E-state index contributed by atoms with van der Waals surface area (Å²) >= 11 is 1.78. The third kappa shape index (κ3) is 1.92. The van der Waals surface area contributed by atoms with Gasteiger partial charge in [0.2, 0.25) is 0 Å². The zero-order chi connectivity index (χ0) is 12.5. The molecule has 1 aliphatic rings. The van der Waals surface area contributed by atoms with E-state index in [4.69, 9.17) is 10.6 Å². The lowest BCUT2D eigenvalue weighted by atomic mass is 9.93. The van der Waals surface area contributed by atoms with Crippen LogP contribution in [0.5, 0.6) is 5.75 Å². The highest BCUT2D eigenvalue weighted by atomic mass is 32.1. The van der Waals surface area contributed by atoms with Crippen LogP contribution >= 0.6 is 11.3 Å². The molecule has 2 aromatic rings. The molecule has 18 heavy (non-hydrogen) atoms. The highest BCUT2D eigenvalue weighted by molar-refractivity contribution is 7.12. The minimum Gasteiger partial charge on any atom is -0.493 e. The summed E-state index contributed by atoms with van der Waals surface area (Å²) in [5, 5.41) is 0. The Morgan fingerprint density at radius 2 is 2.17 bits per heavy atom. The van der Waals surface area contributed by atoms with Crippen LogP contribution in [0.25, 0.3) is 0 Å². The fraction of sp³-hybridized carbons (Fsp3) is 0.286. The Labute approximate surface area is 111 Å². The van der Waals surface area contributed by atoms with Crippen LogP contribution in [0.3, 0.4) is 0 Å². The van der Waals surface area contributed by atoms with Crippen molar-refractivity contribution in [3.63, 3.8) is 0 Å². The number of ether oxygens (including phenoxy) is 1.